The summed E-state index contributed by atoms with van der Waals surface area (Å²) in [6.07, 6.45) is 0. The third-order valence-corrected chi connectivity index (χ3v) is 4.15. The average molecular weight is 314 g/mol. The van der Waals surface area contributed by atoms with Crippen LogP contribution in [0.3, 0.4) is 0 Å². The van der Waals surface area contributed by atoms with Crippen molar-refractivity contribution < 1.29 is 4.74 Å². The van der Waals surface area contributed by atoms with Crippen molar-refractivity contribution in [2.75, 3.05) is 0 Å². The summed E-state index contributed by atoms with van der Waals surface area (Å²) >= 11 is 0. The van der Waals surface area contributed by atoms with Gasteiger partial charge in [0.05, 0.1) is 0 Å². The van der Waals surface area contributed by atoms with Crippen molar-refractivity contribution in [1.82, 2.24) is 0 Å². The van der Waals surface area contributed by atoms with Crippen LogP contribution < -0.4 is 4.74 Å². The molecule has 0 aliphatic rings. The molecule has 0 bridgehead atoms. The molecule has 0 saturated heterocycles. The van der Waals surface area contributed by atoms with E-state index in [9.17, 15) is 0 Å². The highest BCUT2D eigenvalue weighted by Gasteiger charge is 2.07. The van der Waals surface area contributed by atoms with Gasteiger partial charge in [-0.05, 0) is 60.7 Å². The molecule has 0 fully saturated rings. The third-order valence-electron chi connectivity index (χ3n) is 4.15. The van der Waals surface area contributed by atoms with Crippen LogP contribution in [0.5, 0.6) is 11.5 Å². The second-order valence-corrected chi connectivity index (χ2v) is 6.20. The highest BCUT2D eigenvalue weighted by atomic mass is 16.5. The molecule has 0 amide bonds. The van der Waals surface area contributed by atoms with Crippen LogP contribution in [0.1, 0.15) is 27.8 Å². The molecular weight excluding hydrogens is 292 g/mol. The monoisotopic (exact) mass is 314 g/mol. The quantitative estimate of drug-likeness (QED) is 0.536. The van der Waals surface area contributed by atoms with Gasteiger partial charge in [0, 0.05) is 0 Å². The van der Waals surface area contributed by atoms with E-state index in [4.69, 9.17) is 4.74 Å². The number of rotatable bonds is 4. The Hall–Kier alpha value is -2.80. The van der Waals surface area contributed by atoms with Crippen molar-refractivity contribution in [3.8, 4) is 11.5 Å². The molecule has 3 aromatic carbocycles. The summed E-state index contributed by atoms with van der Waals surface area (Å²) in [6, 6.07) is 22.6. The van der Waals surface area contributed by atoms with Crippen molar-refractivity contribution in [2.45, 2.75) is 20.8 Å². The van der Waals surface area contributed by atoms with E-state index in [-0.39, 0.29) is 0 Å². The summed E-state index contributed by atoms with van der Waals surface area (Å²) in [6.45, 7) is 10.5. The maximum Gasteiger partial charge on any atom is 0.133 e. The maximum absolute atomic E-state index is 6.11. The van der Waals surface area contributed by atoms with Gasteiger partial charge in [0.1, 0.15) is 11.5 Å². The van der Waals surface area contributed by atoms with Crippen LogP contribution in [0, 0.1) is 20.8 Å². The number of benzene rings is 3. The first kappa shape index (κ1) is 16.1. The lowest BCUT2D eigenvalue weighted by molar-refractivity contribution is 0.475. The first-order valence-electron chi connectivity index (χ1n) is 8.15. The van der Waals surface area contributed by atoms with Gasteiger partial charge in [-0.3, -0.25) is 0 Å². The first-order chi connectivity index (χ1) is 11.5. The summed E-state index contributed by atoms with van der Waals surface area (Å²) < 4.78 is 6.11. The molecule has 3 rings (SSSR count). The molecule has 3 aromatic rings. The molecule has 24 heavy (non-hydrogen) atoms. The van der Waals surface area contributed by atoms with Gasteiger partial charge in [0.15, 0.2) is 0 Å². The van der Waals surface area contributed by atoms with Crippen molar-refractivity contribution in [3.63, 3.8) is 0 Å². The van der Waals surface area contributed by atoms with E-state index in [2.05, 4.69) is 63.7 Å². The molecule has 0 aliphatic heterocycles. The molecule has 1 nitrogen and oxygen atoms in total. The number of aryl methyl sites for hydroxylation is 3. The lowest BCUT2D eigenvalue weighted by Gasteiger charge is -2.13. The maximum atomic E-state index is 6.11. The summed E-state index contributed by atoms with van der Waals surface area (Å²) in [5.74, 6) is 1.78. The molecule has 0 atom stereocenters. The predicted octanol–water partition coefficient (Wildman–Crippen LogP) is 6.47. The number of hydrogen-bond donors (Lipinski definition) is 0. The Labute approximate surface area is 144 Å². The fourth-order valence-electron chi connectivity index (χ4n) is 2.98. The molecule has 0 saturated carbocycles. The summed E-state index contributed by atoms with van der Waals surface area (Å²) in [7, 11) is 0. The van der Waals surface area contributed by atoms with E-state index < -0.39 is 0 Å². The van der Waals surface area contributed by atoms with Gasteiger partial charge in [0.25, 0.3) is 0 Å². The Morgan fingerprint density at radius 1 is 0.750 bits per heavy atom. The Morgan fingerprint density at radius 3 is 1.88 bits per heavy atom. The summed E-state index contributed by atoms with van der Waals surface area (Å²) in [5.41, 5.74) is 6.83. The standard InChI is InChI=1S/C23H22O/c1-16-14-17(2)23(18(3)15-16)24-22-12-10-21(11-13-22)19(4)20-8-6-5-7-9-20/h5-15H,4H2,1-3H3. The van der Waals surface area contributed by atoms with Crippen molar-refractivity contribution in [1.29, 1.82) is 0 Å². The normalized spacial score (nSPS) is 10.5. The van der Waals surface area contributed by atoms with Crippen LogP contribution in [0.25, 0.3) is 5.57 Å². The Balaban J connectivity index is 1.82. The molecular formula is C23H22O. The molecule has 120 valence electrons. The van der Waals surface area contributed by atoms with E-state index in [0.29, 0.717) is 0 Å². The molecule has 0 N–H and O–H groups in total. The molecule has 0 aromatic heterocycles. The minimum atomic E-state index is 0.842. The van der Waals surface area contributed by atoms with Crippen LogP contribution in [0.15, 0.2) is 73.3 Å². The molecule has 0 radical (unpaired) electrons. The molecule has 0 heterocycles. The second-order valence-electron chi connectivity index (χ2n) is 6.20. The molecule has 0 unspecified atom stereocenters. The number of hydrogen-bond acceptors (Lipinski definition) is 1. The smallest absolute Gasteiger partial charge is 0.133 e. The SMILES string of the molecule is C=C(c1ccccc1)c1ccc(Oc2c(C)cc(C)cc2C)cc1. The topological polar surface area (TPSA) is 9.23 Å². The van der Waals surface area contributed by atoms with Gasteiger partial charge in [-0.2, -0.15) is 0 Å². The van der Waals surface area contributed by atoms with E-state index in [1.165, 1.54) is 5.56 Å². The minimum Gasteiger partial charge on any atom is -0.457 e. The van der Waals surface area contributed by atoms with Crippen molar-refractivity contribution >= 4 is 5.57 Å². The van der Waals surface area contributed by atoms with E-state index in [0.717, 1.165) is 39.3 Å². The fraction of sp³-hybridized carbons (Fsp3) is 0.130. The summed E-state index contributed by atoms with van der Waals surface area (Å²) in [4.78, 5) is 0. The van der Waals surface area contributed by atoms with E-state index in [1.54, 1.807) is 0 Å². The largest absolute Gasteiger partial charge is 0.457 e. The fourth-order valence-corrected chi connectivity index (χ4v) is 2.98. The third kappa shape index (κ3) is 3.41. The van der Waals surface area contributed by atoms with Crippen molar-refractivity contribution in [3.05, 3.63) is 101 Å². The molecule has 1 heteroatoms. The van der Waals surface area contributed by atoms with Gasteiger partial charge in [-0.1, -0.05) is 66.7 Å². The lowest BCUT2D eigenvalue weighted by atomic mass is 10.00. The van der Waals surface area contributed by atoms with Crippen LogP contribution in [0.2, 0.25) is 0 Å². The molecule has 0 aliphatic carbocycles. The van der Waals surface area contributed by atoms with Gasteiger partial charge >= 0.3 is 0 Å². The zero-order valence-corrected chi connectivity index (χ0v) is 14.5. The van der Waals surface area contributed by atoms with Gasteiger partial charge in [-0.15, -0.1) is 0 Å². The highest BCUT2D eigenvalue weighted by molar-refractivity contribution is 5.78. The van der Waals surface area contributed by atoms with Crippen LogP contribution in [-0.4, -0.2) is 0 Å². The van der Waals surface area contributed by atoms with Crippen molar-refractivity contribution in [2.24, 2.45) is 0 Å². The van der Waals surface area contributed by atoms with E-state index >= 15 is 0 Å². The van der Waals surface area contributed by atoms with Crippen LogP contribution >= 0.6 is 0 Å². The highest BCUT2D eigenvalue weighted by Crippen LogP contribution is 2.31. The Morgan fingerprint density at radius 2 is 1.29 bits per heavy atom. The number of ether oxygens (including phenoxy) is 1. The Kier molecular flexibility index (Phi) is 4.52. The van der Waals surface area contributed by atoms with Crippen LogP contribution in [-0.2, 0) is 0 Å². The zero-order chi connectivity index (χ0) is 17.1. The summed E-state index contributed by atoms with van der Waals surface area (Å²) in [5, 5.41) is 0. The first-order valence-corrected chi connectivity index (χ1v) is 8.15. The van der Waals surface area contributed by atoms with Gasteiger partial charge < -0.3 is 4.74 Å². The van der Waals surface area contributed by atoms with Gasteiger partial charge in [0.2, 0.25) is 0 Å². The van der Waals surface area contributed by atoms with Gasteiger partial charge in [-0.25, -0.2) is 0 Å². The van der Waals surface area contributed by atoms with E-state index in [1.807, 2.05) is 30.3 Å². The van der Waals surface area contributed by atoms with Crippen LogP contribution in [0.4, 0.5) is 0 Å². The predicted molar refractivity (Wildman–Crippen MR) is 102 cm³/mol. The molecule has 0 spiro atoms. The zero-order valence-electron chi connectivity index (χ0n) is 14.5. The second kappa shape index (κ2) is 6.76. The lowest BCUT2D eigenvalue weighted by Crippen LogP contribution is -1.93. The average Bonchev–Trinajstić information content (AvgIpc) is 2.59. The Bertz CT molecular complexity index is 835. The minimum absolute atomic E-state index is 0.842.